The molecule has 0 spiro atoms. The summed E-state index contributed by atoms with van der Waals surface area (Å²) in [4.78, 5) is 6.37. The SMILES string of the molecule is CCN1CCOC(CN=C(N)NN)C1. The first-order chi connectivity index (χ1) is 6.76. The van der Waals surface area contributed by atoms with Gasteiger partial charge in [0, 0.05) is 13.1 Å². The van der Waals surface area contributed by atoms with Crippen LogP contribution < -0.4 is 17.0 Å². The minimum absolute atomic E-state index is 0.135. The Kier molecular flexibility index (Phi) is 4.64. The average Bonchev–Trinajstić information content (AvgIpc) is 2.26. The third kappa shape index (κ3) is 3.49. The molecule has 1 aliphatic rings. The number of nitrogens with one attached hydrogen (secondary N) is 1. The summed E-state index contributed by atoms with van der Waals surface area (Å²) in [6.45, 7) is 6.44. The summed E-state index contributed by atoms with van der Waals surface area (Å²) in [7, 11) is 0. The van der Waals surface area contributed by atoms with Gasteiger partial charge < -0.3 is 10.5 Å². The molecule has 1 aliphatic heterocycles. The molecule has 0 aromatic heterocycles. The van der Waals surface area contributed by atoms with E-state index in [0.29, 0.717) is 6.54 Å². The van der Waals surface area contributed by atoms with Gasteiger partial charge in [-0.3, -0.25) is 10.3 Å². The van der Waals surface area contributed by atoms with Gasteiger partial charge in [0.05, 0.1) is 19.3 Å². The summed E-state index contributed by atoms with van der Waals surface area (Å²) in [5.74, 6) is 5.34. The molecule has 6 nitrogen and oxygen atoms in total. The van der Waals surface area contributed by atoms with Crippen molar-refractivity contribution in [1.82, 2.24) is 10.3 Å². The highest BCUT2D eigenvalue weighted by atomic mass is 16.5. The smallest absolute Gasteiger partial charge is 0.203 e. The molecule has 0 bridgehead atoms. The van der Waals surface area contributed by atoms with Crippen LogP contribution in [-0.2, 0) is 4.74 Å². The van der Waals surface area contributed by atoms with E-state index >= 15 is 0 Å². The first kappa shape index (κ1) is 11.2. The lowest BCUT2D eigenvalue weighted by molar-refractivity contribution is -0.0210. The Hall–Kier alpha value is -0.850. The van der Waals surface area contributed by atoms with Crippen molar-refractivity contribution in [2.75, 3.05) is 32.8 Å². The number of nitrogens with two attached hydrogens (primary N) is 2. The Balaban J connectivity index is 2.30. The fraction of sp³-hybridized carbons (Fsp3) is 0.875. The van der Waals surface area contributed by atoms with Gasteiger partial charge in [-0.25, -0.2) is 10.8 Å². The molecule has 82 valence electrons. The van der Waals surface area contributed by atoms with Crippen LogP contribution in [0.3, 0.4) is 0 Å². The predicted molar refractivity (Wildman–Crippen MR) is 55.7 cm³/mol. The van der Waals surface area contributed by atoms with Gasteiger partial charge in [0.2, 0.25) is 5.96 Å². The van der Waals surface area contributed by atoms with Gasteiger partial charge in [0.25, 0.3) is 0 Å². The lowest BCUT2D eigenvalue weighted by Crippen LogP contribution is -2.44. The molecule has 0 radical (unpaired) electrons. The van der Waals surface area contributed by atoms with E-state index in [2.05, 4.69) is 22.2 Å². The molecule has 1 atom stereocenters. The minimum atomic E-state index is 0.135. The molecule has 0 saturated carbocycles. The lowest BCUT2D eigenvalue weighted by Gasteiger charge is -2.31. The number of nitrogens with zero attached hydrogens (tertiary/aromatic N) is 2. The van der Waals surface area contributed by atoms with E-state index < -0.39 is 0 Å². The second-order valence-corrected chi connectivity index (χ2v) is 3.26. The second kappa shape index (κ2) is 5.79. The molecule has 0 amide bonds. The van der Waals surface area contributed by atoms with Crippen molar-refractivity contribution in [3.05, 3.63) is 0 Å². The van der Waals surface area contributed by atoms with E-state index in [1.165, 1.54) is 0 Å². The van der Waals surface area contributed by atoms with Crippen LogP contribution in [0.15, 0.2) is 4.99 Å². The molecule has 14 heavy (non-hydrogen) atoms. The van der Waals surface area contributed by atoms with E-state index in [0.717, 1.165) is 26.2 Å². The summed E-state index contributed by atoms with van der Waals surface area (Å²) in [6.07, 6.45) is 0.135. The first-order valence-corrected chi connectivity index (χ1v) is 4.86. The van der Waals surface area contributed by atoms with Gasteiger partial charge in [-0.05, 0) is 6.54 Å². The number of rotatable bonds is 3. The summed E-state index contributed by atoms with van der Waals surface area (Å²) < 4.78 is 5.53. The quantitative estimate of drug-likeness (QED) is 0.223. The van der Waals surface area contributed by atoms with E-state index in [9.17, 15) is 0 Å². The fourth-order valence-electron chi connectivity index (χ4n) is 1.42. The number of likely N-dealkylation sites (N-methyl/N-ethyl adjacent to an activating group) is 1. The van der Waals surface area contributed by atoms with Crippen LogP contribution in [0.5, 0.6) is 0 Å². The van der Waals surface area contributed by atoms with Gasteiger partial charge in [-0.15, -0.1) is 0 Å². The summed E-state index contributed by atoms with van der Waals surface area (Å²) in [6, 6.07) is 0. The highest BCUT2D eigenvalue weighted by molar-refractivity contribution is 5.77. The average molecular weight is 201 g/mol. The Morgan fingerprint density at radius 3 is 3.14 bits per heavy atom. The monoisotopic (exact) mass is 201 g/mol. The van der Waals surface area contributed by atoms with Crippen LogP contribution in [-0.4, -0.2) is 49.7 Å². The van der Waals surface area contributed by atoms with Crippen molar-refractivity contribution in [2.24, 2.45) is 16.6 Å². The number of guanidine groups is 1. The highest BCUT2D eigenvalue weighted by Crippen LogP contribution is 2.04. The molecule has 6 heteroatoms. The maximum Gasteiger partial charge on any atom is 0.203 e. The maximum absolute atomic E-state index is 5.53. The molecule has 1 fully saturated rings. The molecule has 0 aliphatic carbocycles. The van der Waals surface area contributed by atoms with Crippen LogP contribution in [0.2, 0.25) is 0 Å². The van der Waals surface area contributed by atoms with E-state index in [1.54, 1.807) is 0 Å². The maximum atomic E-state index is 5.53. The third-order valence-corrected chi connectivity index (χ3v) is 2.28. The Bertz CT molecular complexity index is 196. The Morgan fingerprint density at radius 2 is 2.50 bits per heavy atom. The fourth-order valence-corrected chi connectivity index (χ4v) is 1.42. The van der Waals surface area contributed by atoms with Crippen LogP contribution in [0, 0.1) is 0 Å². The zero-order chi connectivity index (χ0) is 10.4. The summed E-state index contributed by atoms with van der Waals surface area (Å²) in [5, 5.41) is 0. The molecular weight excluding hydrogens is 182 g/mol. The van der Waals surface area contributed by atoms with E-state index in [4.69, 9.17) is 16.3 Å². The van der Waals surface area contributed by atoms with E-state index in [1.807, 2.05) is 0 Å². The standard InChI is InChI=1S/C8H19N5O/c1-2-13-3-4-14-7(6-13)5-11-8(9)12-10/h7H,2-6,10H2,1H3,(H3,9,11,12). The van der Waals surface area contributed by atoms with Crippen molar-refractivity contribution in [3.8, 4) is 0 Å². The third-order valence-electron chi connectivity index (χ3n) is 2.28. The normalized spacial score (nSPS) is 25.0. The summed E-state index contributed by atoms with van der Waals surface area (Å²) >= 11 is 0. The summed E-state index contributed by atoms with van der Waals surface area (Å²) in [5.41, 5.74) is 7.69. The topological polar surface area (TPSA) is 88.9 Å². The molecule has 0 aromatic carbocycles. The largest absolute Gasteiger partial charge is 0.374 e. The van der Waals surface area contributed by atoms with Crippen LogP contribution in [0.1, 0.15) is 6.92 Å². The van der Waals surface area contributed by atoms with Gasteiger partial charge in [0.15, 0.2) is 0 Å². The Morgan fingerprint density at radius 1 is 1.71 bits per heavy atom. The highest BCUT2D eigenvalue weighted by Gasteiger charge is 2.18. The molecular formula is C8H19N5O. The molecule has 0 aromatic rings. The zero-order valence-corrected chi connectivity index (χ0v) is 8.57. The van der Waals surface area contributed by atoms with E-state index in [-0.39, 0.29) is 12.1 Å². The molecule has 1 heterocycles. The van der Waals surface area contributed by atoms with Crippen molar-refractivity contribution in [2.45, 2.75) is 13.0 Å². The van der Waals surface area contributed by atoms with Gasteiger partial charge in [0.1, 0.15) is 0 Å². The molecule has 1 saturated heterocycles. The van der Waals surface area contributed by atoms with Gasteiger partial charge >= 0.3 is 0 Å². The van der Waals surface area contributed by atoms with Crippen LogP contribution >= 0.6 is 0 Å². The first-order valence-electron chi connectivity index (χ1n) is 4.86. The zero-order valence-electron chi connectivity index (χ0n) is 8.57. The number of ether oxygens (including phenoxy) is 1. The van der Waals surface area contributed by atoms with Crippen LogP contribution in [0.25, 0.3) is 0 Å². The van der Waals surface area contributed by atoms with Crippen molar-refractivity contribution >= 4 is 5.96 Å². The number of aliphatic imine (C=N–C) groups is 1. The predicted octanol–water partition coefficient (Wildman–Crippen LogP) is -1.51. The number of hydrogen-bond donors (Lipinski definition) is 3. The number of hydrazine groups is 1. The van der Waals surface area contributed by atoms with Crippen molar-refractivity contribution in [1.29, 1.82) is 0 Å². The van der Waals surface area contributed by atoms with Crippen molar-refractivity contribution in [3.63, 3.8) is 0 Å². The van der Waals surface area contributed by atoms with Gasteiger partial charge in [-0.1, -0.05) is 6.92 Å². The molecule has 1 rings (SSSR count). The molecule has 5 N–H and O–H groups in total. The number of morpholine rings is 1. The van der Waals surface area contributed by atoms with Crippen LogP contribution in [0.4, 0.5) is 0 Å². The molecule has 1 unspecified atom stereocenters. The van der Waals surface area contributed by atoms with Crippen molar-refractivity contribution < 1.29 is 4.74 Å². The lowest BCUT2D eigenvalue weighted by atomic mass is 10.3. The van der Waals surface area contributed by atoms with Gasteiger partial charge in [-0.2, -0.15) is 0 Å². The number of hydrogen-bond acceptors (Lipinski definition) is 4. The Labute approximate surface area is 84.3 Å². The second-order valence-electron chi connectivity index (χ2n) is 3.26. The minimum Gasteiger partial charge on any atom is -0.374 e.